The molecule has 166 valence electrons. The molecule has 7 heteroatoms. The smallest absolute Gasteiger partial charge is 0.348 e. The minimum atomic E-state index is -0.721. The fourth-order valence-electron chi connectivity index (χ4n) is 5.36. The third-order valence-electron chi connectivity index (χ3n) is 6.82. The molecule has 1 aromatic carbocycles. The molecule has 1 fully saturated rings. The molecule has 1 aromatic heterocycles. The van der Waals surface area contributed by atoms with Gasteiger partial charge in [-0.2, -0.15) is 0 Å². The van der Waals surface area contributed by atoms with E-state index in [2.05, 4.69) is 17.0 Å². The van der Waals surface area contributed by atoms with Gasteiger partial charge in [-0.05, 0) is 48.5 Å². The number of allylic oxidation sites excluding steroid dienone is 2. The van der Waals surface area contributed by atoms with E-state index in [4.69, 9.17) is 27.9 Å². The lowest BCUT2D eigenvalue weighted by Gasteiger charge is -2.43. The summed E-state index contributed by atoms with van der Waals surface area (Å²) < 4.78 is 5.30. The number of carbonyl (C=O) groups is 1. The van der Waals surface area contributed by atoms with E-state index >= 15 is 0 Å². The molecule has 2 aliphatic rings. The van der Waals surface area contributed by atoms with E-state index < -0.39 is 12.1 Å². The van der Waals surface area contributed by atoms with Crippen LogP contribution in [-0.4, -0.2) is 24.5 Å². The van der Waals surface area contributed by atoms with Crippen LogP contribution in [0.1, 0.15) is 50.8 Å². The van der Waals surface area contributed by atoms with Gasteiger partial charge < -0.3 is 9.53 Å². The van der Waals surface area contributed by atoms with E-state index in [9.17, 15) is 10.1 Å². The van der Waals surface area contributed by atoms with E-state index in [0.29, 0.717) is 15.8 Å². The molecular formula is C25H27BCl2N2O2. The number of rotatable bonds is 3. The summed E-state index contributed by atoms with van der Waals surface area (Å²) in [5.41, 5.74) is 1.05. The van der Waals surface area contributed by atoms with Crippen LogP contribution in [0.5, 0.6) is 5.75 Å². The van der Waals surface area contributed by atoms with Crippen molar-refractivity contribution in [3.8, 4) is 11.7 Å². The van der Waals surface area contributed by atoms with Crippen LogP contribution in [0.4, 0.5) is 0 Å². The average Bonchev–Trinajstić information content (AvgIpc) is 3.00. The Morgan fingerprint density at radius 1 is 1.22 bits per heavy atom. The highest BCUT2D eigenvalue weighted by Crippen LogP contribution is 2.60. The number of hydrogen-bond acceptors (Lipinski definition) is 4. The number of benzene rings is 1. The summed E-state index contributed by atoms with van der Waals surface area (Å²) >= 11 is 12.7. The molecule has 5 unspecified atom stereocenters. The van der Waals surface area contributed by atoms with Crippen molar-refractivity contribution in [1.82, 2.24) is 4.98 Å². The van der Waals surface area contributed by atoms with Gasteiger partial charge in [-0.15, -0.1) is 0 Å². The molecule has 1 saturated heterocycles. The molecule has 4 nitrogen and oxygen atoms in total. The summed E-state index contributed by atoms with van der Waals surface area (Å²) in [6, 6.07) is 9.37. The Morgan fingerprint density at radius 2 is 1.94 bits per heavy atom. The molecule has 0 spiro atoms. The van der Waals surface area contributed by atoms with Crippen molar-refractivity contribution < 1.29 is 9.53 Å². The maximum atomic E-state index is 13.2. The molecule has 0 amide bonds. The lowest BCUT2D eigenvalue weighted by Crippen LogP contribution is -2.38. The van der Waals surface area contributed by atoms with Crippen LogP contribution < -0.4 is 4.74 Å². The second-order valence-corrected chi connectivity index (χ2v) is 9.18. The fourth-order valence-corrected chi connectivity index (χ4v) is 5.77. The number of nitrogens with zero attached hydrogens (tertiary/aromatic N) is 2. The van der Waals surface area contributed by atoms with Gasteiger partial charge in [0.05, 0.1) is 12.1 Å². The summed E-state index contributed by atoms with van der Waals surface area (Å²) in [6.07, 6.45) is 5.66. The third-order valence-corrected chi connectivity index (χ3v) is 7.37. The van der Waals surface area contributed by atoms with Gasteiger partial charge in [0.1, 0.15) is 11.4 Å². The SMILES string of the molecule is CC.COc1ccc(C2C=CC3(C)C(=O)B(C#N)C(C)C3C2c2ccc(Cl)cn2)c(Cl)c1. The first-order chi connectivity index (χ1) is 15.3. The van der Waals surface area contributed by atoms with Crippen LogP contribution in [0.3, 0.4) is 0 Å². The molecule has 4 rings (SSSR count). The van der Waals surface area contributed by atoms with E-state index in [0.717, 1.165) is 11.3 Å². The van der Waals surface area contributed by atoms with Crippen molar-refractivity contribution in [3.63, 3.8) is 0 Å². The summed E-state index contributed by atoms with van der Waals surface area (Å²) in [5.74, 6) is 2.51. The lowest BCUT2D eigenvalue weighted by molar-refractivity contribution is -0.119. The van der Waals surface area contributed by atoms with Gasteiger partial charge in [0.2, 0.25) is 0 Å². The van der Waals surface area contributed by atoms with E-state index in [-0.39, 0.29) is 29.3 Å². The number of methoxy groups -OCH3 is 1. The Bertz CT molecular complexity index is 1070. The summed E-state index contributed by atoms with van der Waals surface area (Å²) in [6.45, 7) is 7.31. The third kappa shape index (κ3) is 3.96. The summed E-state index contributed by atoms with van der Waals surface area (Å²) in [4.78, 5) is 17.8. The van der Waals surface area contributed by atoms with Crippen LogP contribution in [0, 0.1) is 22.6 Å². The number of pyridine rings is 1. The number of halogens is 2. The standard InChI is InChI=1S/C23H21BCl2N2O2.C2H6/c1-13-21-20(19-7-4-14(25)11-28-19)17(16-6-5-15(30-3)10-18(16)26)8-9-23(21,2)22(29)24(13)12-27;1-2/h4-11,13,17,20-21H,1-3H3;1-2H3. The first-order valence-electron chi connectivity index (χ1n) is 10.9. The first-order valence-corrected chi connectivity index (χ1v) is 11.7. The molecular weight excluding hydrogens is 442 g/mol. The predicted molar refractivity (Wildman–Crippen MR) is 131 cm³/mol. The Balaban J connectivity index is 0.00000141. The zero-order chi connectivity index (χ0) is 23.6. The average molecular weight is 469 g/mol. The highest BCUT2D eigenvalue weighted by molar-refractivity contribution is 6.98. The topological polar surface area (TPSA) is 63.0 Å². The Hall–Kier alpha value is -2.29. The van der Waals surface area contributed by atoms with Gasteiger partial charge in [-0.1, -0.05) is 62.2 Å². The molecule has 1 aliphatic heterocycles. The largest absolute Gasteiger partial charge is 0.497 e. The minimum absolute atomic E-state index is 0.0167. The van der Waals surface area contributed by atoms with E-state index in [1.165, 1.54) is 0 Å². The van der Waals surface area contributed by atoms with Gasteiger partial charge in [-0.3, -0.25) is 4.98 Å². The minimum Gasteiger partial charge on any atom is -0.497 e. The van der Waals surface area contributed by atoms with Crippen molar-refractivity contribution in [2.24, 2.45) is 11.3 Å². The lowest BCUT2D eigenvalue weighted by atomic mass is 9.42. The first kappa shape index (κ1) is 24.4. The van der Waals surface area contributed by atoms with Crippen molar-refractivity contribution >= 4 is 35.6 Å². The van der Waals surface area contributed by atoms with Crippen LogP contribution in [0.2, 0.25) is 15.9 Å². The van der Waals surface area contributed by atoms with Crippen LogP contribution in [0.15, 0.2) is 48.7 Å². The van der Waals surface area contributed by atoms with Crippen molar-refractivity contribution in [1.29, 1.82) is 5.26 Å². The molecule has 1 aliphatic carbocycles. The maximum absolute atomic E-state index is 13.2. The number of fused-ring (bicyclic) bond motifs is 1. The molecule has 32 heavy (non-hydrogen) atoms. The number of carbonyl (C=O) groups excluding carboxylic acids is 1. The molecule has 2 aromatic rings. The summed E-state index contributed by atoms with van der Waals surface area (Å²) in [5, 5.41) is 10.8. The Labute approximate surface area is 200 Å². The van der Waals surface area contributed by atoms with E-state index in [1.807, 2.05) is 58.0 Å². The van der Waals surface area contributed by atoms with Crippen LogP contribution in [-0.2, 0) is 4.79 Å². The van der Waals surface area contributed by atoms with E-state index in [1.54, 1.807) is 19.4 Å². The highest BCUT2D eigenvalue weighted by Gasteiger charge is 2.62. The number of nitriles is 1. The van der Waals surface area contributed by atoms with Crippen molar-refractivity contribution in [2.75, 3.05) is 7.11 Å². The van der Waals surface area contributed by atoms with Gasteiger partial charge >= 0.3 is 6.71 Å². The zero-order valence-electron chi connectivity index (χ0n) is 19.0. The van der Waals surface area contributed by atoms with Gasteiger partial charge in [0, 0.05) is 40.1 Å². The molecule has 2 heterocycles. The zero-order valence-corrected chi connectivity index (χ0v) is 20.5. The fraction of sp³-hybridized carbons (Fsp3) is 0.400. The molecule has 0 saturated carbocycles. The van der Waals surface area contributed by atoms with Crippen LogP contribution in [0.25, 0.3) is 0 Å². The monoisotopic (exact) mass is 468 g/mol. The maximum Gasteiger partial charge on any atom is 0.348 e. The second-order valence-electron chi connectivity index (χ2n) is 8.34. The van der Waals surface area contributed by atoms with Crippen molar-refractivity contribution in [2.45, 2.75) is 45.3 Å². The number of aromatic nitrogens is 1. The van der Waals surface area contributed by atoms with Gasteiger partial charge in [-0.25, -0.2) is 5.26 Å². The number of hydrogen-bond donors (Lipinski definition) is 0. The van der Waals surface area contributed by atoms with Crippen molar-refractivity contribution in [3.05, 3.63) is 70.0 Å². The number of ether oxygens (including phenoxy) is 1. The predicted octanol–water partition coefficient (Wildman–Crippen LogP) is 6.55. The van der Waals surface area contributed by atoms with Crippen LogP contribution >= 0.6 is 23.2 Å². The van der Waals surface area contributed by atoms with Gasteiger partial charge in [0.15, 0.2) is 0 Å². The quantitative estimate of drug-likeness (QED) is 0.378. The normalized spacial score (nSPS) is 28.4. The Morgan fingerprint density at radius 3 is 2.50 bits per heavy atom. The molecule has 0 radical (unpaired) electrons. The Kier molecular flexibility index (Phi) is 7.37. The highest BCUT2D eigenvalue weighted by atomic mass is 35.5. The summed E-state index contributed by atoms with van der Waals surface area (Å²) in [7, 11) is 1.60. The molecule has 0 N–H and O–H groups in total. The molecule has 0 bridgehead atoms. The second kappa shape index (κ2) is 9.69. The molecule has 5 atom stereocenters. The van der Waals surface area contributed by atoms with Gasteiger partial charge in [0.25, 0.3) is 0 Å².